The van der Waals surface area contributed by atoms with E-state index < -0.39 is 11.9 Å². The predicted molar refractivity (Wildman–Crippen MR) is 103 cm³/mol. The first-order valence-corrected chi connectivity index (χ1v) is 9.11. The van der Waals surface area contributed by atoms with Gasteiger partial charge in [0.05, 0.1) is 6.61 Å². The molecule has 0 aliphatic heterocycles. The van der Waals surface area contributed by atoms with Crippen molar-refractivity contribution in [3.8, 4) is 0 Å². The molecule has 0 spiro atoms. The molecule has 0 amide bonds. The Bertz CT molecular complexity index is 869. The normalized spacial score (nSPS) is 19.8. The quantitative estimate of drug-likeness (QED) is 0.565. The Kier molecular flexibility index (Phi) is 5.58. The van der Waals surface area contributed by atoms with E-state index in [9.17, 15) is 9.59 Å². The third-order valence-electron chi connectivity index (χ3n) is 4.70. The van der Waals surface area contributed by atoms with Gasteiger partial charge in [-0.25, -0.2) is 0 Å². The number of halogens is 1. The van der Waals surface area contributed by atoms with Crippen LogP contribution in [0.2, 0.25) is 5.02 Å². The van der Waals surface area contributed by atoms with Crippen LogP contribution in [0, 0.1) is 12.8 Å². The summed E-state index contributed by atoms with van der Waals surface area (Å²) in [6.45, 7) is 4.00. The summed E-state index contributed by atoms with van der Waals surface area (Å²) < 4.78 is 5.18. The fraction of sp³-hybridized carbons (Fsp3) is 0.273. The summed E-state index contributed by atoms with van der Waals surface area (Å²) in [7, 11) is 0. The van der Waals surface area contributed by atoms with Gasteiger partial charge in [0.2, 0.25) is 0 Å². The Morgan fingerprint density at radius 1 is 1.19 bits per heavy atom. The molecule has 0 saturated heterocycles. The topological polar surface area (TPSA) is 43.4 Å². The summed E-state index contributed by atoms with van der Waals surface area (Å²) >= 11 is 6.33. The van der Waals surface area contributed by atoms with Crippen LogP contribution in [0.5, 0.6) is 0 Å². The van der Waals surface area contributed by atoms with Crippen molar-refractivity contribution >= 4 is 28.9 Å². The van der Waals surface area contributed by atoms with E-state index in [0.717, 1.165) is 22.3 Å². The van der Waals surface area contributed by atoms with Crippen molar-refractivity contribution < 1.29 is 14.3 Å². The largest absolute Gasteiger partial charge is 0.465 e. The smallest absolute Gasteiger partial charge is 0.317 e. The average molecular weight is 369 g/mol. The molecule has 0 aromatic heterocycles. The van der Waals surface area contributed by atoms with Crippen LogP contribution in [-0.2, 0) is 14.3 Å². The SMILES string of the molecule is CCOC(=O)[C@H]1C(=O)C=C(c2ccccc2Cl)C[C@@H]1c1cccc(C)c1. The third-order valence-corrected chi connectivity index (χ3v) is 5.03. The molecule has 0 radical (unpaired) electrons. The Hall–Kier alpha value is -2.39. The lowest BCUT2D eigenvalue weighted by Crippen LogP contribution is -2.34. The van der Waals surface area contributed by atoms with Gasteiger partial charge >= 0.3 is 5.97 Å². The number of ether oxygens (including phenoxy) is 1. The van der Waals surface area contributed by atoms with Crippen molar-refractivity contribution in [1.29, 1.82) is 0 Å². The fourth-order valence-electron chi connectivity index (χ4n) is 3.51. The predicted octanol–water partition coefficient (Wildman–Crippen LogP) is 4.97. The Balaban J connectivity index is 2.06. The number of carbonyl (C=O) groups excluding carboxylic acids is 2. The fourth-order valence-corrected chi connectivity index (χ4v) is 3.76. The lowest BCUT2D eigenvalue weighted by molar-refractivity contribution is -0.151. The van der Waals surface area contributed by atoms with Crippen molar-refractivity contribution in [2.75, 3.05) is 6.61 Å². The highest BCUT2D eigenvalue weighted by Gasteiger charge is 2.40. The number of benzene rings is 2. The molecule has 3 rings (SSSR count). The number of carbonyl (C=O) groups is 2. The Morgan fingerprint density at radius 2 is 1.96 bits per heavy atom. The van der Waals surface area contributed by atoms with Gasteiger partial charge in [-0.3, -0.25) is 9.59 Å². The van der Waals surface area contributed by atoms with Crippen LogP contribution >= 0.6 is 11.6 Å². The number of allylic oxidation sites excluding steroid dienone is 2. The van der Waals surface area contributed by atoms with Crippen molar-refractivity contribution in [3.05, 3.63) is 76.3 Å². The summed E-state index contributed by atoms with van der Waals surface area (Å²) in [4.78, 5) is 25.3. The molecule has 1 aliphatic rings. The summed E-state index contributed by atoms with van der Waals surface area (Å²) in [5.41, 5.74) is 3.75. The zero-order valence-electron chi connectivity index (χ0n) is 14.9. The van der Waals surface area contributed by atoms with E-state index in [2.05, 4.69) is 0 Å². The third kappa shape index (κ3) is 3.73. The number of hydrogen-bond acceptors (Lipinski definition) is 3. The van der Waals surface area contributed by atoms with Gasteiger partial charge in [0.15, 0.2) is 5.78 Å². The molecule has 2 aromatic carbocycles. The van der Waals surface area contributed by atoms with Crippen LogP contribution in [0.25, 0.3) is 5.57 Å². The maximum atomic E-state index is 12.9. The highest BCUT2D eigenvalue weighted by molar-refractivity contribution is 6.32. The van der Waals surface area contributed by atoms with Crippen LogP contribution in [0.1, 0.15) is 36.0 Å². The second kappa shape index (κ2) is 7.88. The molecule has 0 saturated carbocycles. The van der Waals surface area contributed by atoms with Crippen LogP contribution in [0.3, 0.4) is 0 Å². The number of rotatable bonds is 4. The van der Waals surface area contributed by atoms with Gasteiger partial charge in [-0.2, -0.15) is 0 Å². The lowest BCUT2D eigenvalue weighted by atomic mass is 9.73. The highest BCUT2D eigenvalue weighted by atomic mass is 35.5. The van der Waals surface area contributed by atoms with E-state index in [1.54, 1.807) is 19.1 Å². The average Bonchev–Trinajstić information content (AvgIpc) is 2.61. The minimum absolute atomic E-state index is 0.226. The van der Waals surface area contributed by atoms with E-state index in [1.807, 2.05) is 49.4 Å². The van der Waals surface area contributed by atoms with Gasteiger partial charge in [-0.15, -0.1) is 0 Å². The molecule has 2 atom stereocenters. The van der Waals surface area contributed by atoms with E-state index in [4.69, 9.17) is 16.3 Å². The molecule has 0 heterocycles. The first-order valence-electron chi connectivity index (χ1n) is 8.73. The lowest BCUT2D eigenvalue weighted by Gasteiger charge is -2.30. The highest BCUT2D eigenvalue weighted by Crippen LogP contribution is 2.41. The zero-order chi connectivity index (χ0) is 18.7. The van der Waals surface area contributed by atoms with Gasteiger partial charge < -0.3 is 4.74 Å². The van der Waals surface area contributed by atoms with E-state index >= 15 is 0 Å². The van der Waals surface area contributed by atoms with Crippen molar-refractivity contribution in [3.63, 3.8) is 0 Å². The molecule has 0 bridgehead atoms. The molecule has 3 nitrogen and oxygen atoms in total. The van der Waals surface area contributed by atoms with Crippen molar-refractivity contribution in [2.45, 2.75) is 26.2 Å². The molecule has 1 aliphatic carbocycles. The standard InChI is InChI=1S/C22H21ClO3/c1-3-26-22(25)21-18(15-8-6-7-14(2)11-15)12-16(13-20(21)24)17-9-4-5-10-19(17)23/h4-11,13,18,21H,3,12H2,1-2H3/t18-,21-/m1/s1. The molecule has 0 unspecified atom stereocenters. The van der Waals surface area contributed by atoms with Crippen LogP contribution in [-0.4, -0.2) is 18.4 Å². The first kappa shape index (κ1) is 18.4. The molecule has 0 fully saturated rings. The first-order chi connectivity index (χ1) is 12.5. The van der Waals surface area contributed by atoms with Crippen LogP contribution in [0.4, 0.5) is 0 Å². The van der Waals surface area contributed by atoms with Crippen molar-refractivity contribution in [2.24, 2.45) is 5.92 Å². The Labute approximate surface area is 158 Å². The summed E-state index contributed by atoms with van der Waals surface area (Å²) in [6.07, 6.45) is 2.11. The van der Waals surface area contributed by atoms with Gasteiger partial charge in [0.25, 0.3) is 0 Å². The molecule has 134 valence electrons. The second-order valence-corrected chi connectivity index (χ2v) is 6.91. The minimum Gasteiger partial charge on any atom is -0.465 e. The minimum atomic E-state index is -0.817. The summed E-state index contributed by atoms with van der Waals surface area (Å²) in [5.74, 6) is -1.77. The maximum Gasteiger partial charge on any atom is 0.317 e. The number of hydrogen-bond donors (Lipinski definition) is 0. The molecule has 0 N–H and O–H groups in total. The van der Waals surface area contributed by atoms with Crippen molar-refractivity contribution in [1.82, 2.24) is 0 Å². The van der Waals surface area contributed by atoms with Crippen LogP contribution < -0.4 is 0 Å². The Morgan fingerprint density at radius 3 is 2.65 bits per heavy atom. The molecular formula is C22H21ClO3. The maximum absolute atomic E-state index is 12.9. The van der Waals surface area contributed by atoms with Gasteiger partial charge in [-0.05, 0) is 49.1 Å². The van der Waals surface area contributed by atoms with Gasteiger partial charge in [-0.1, -0.05) is 59.6 Å². The summed E-state index contributed by atoms with van der Waals surface area (Å²) in [5, 5.41) is 0.601. The number of ketones is 1. The molecule has 2 aromatic rings. The van der Waals surface area contributed by atoms with E-state index in [0.29, 0.717) is 11.4 Å². The van der Waals surface area contributed by atoms with Crippen LogP contribution in [0.15, 0.2) is 54.6 Å². The van der Waals surface area contributed by atoms with Gasteiger partial charge in [0, 0.05) is 10.9 Å². The molecular weight excluding hydrogens is 348 g/mol. The number of aryl methyl sites for hydroxylation is 1. The molecule has 26 heavy (non-hydrogen) atoms. The zero-order valence-corrected chi connectivity index (χ0v) is 15.6. The monoisotopic (exact) mass is 368 g/mol. The molecule has 4 heteroatoms. The van der Waals surface area contributed by atoms with E-state index in [-0.39, 0.29) is 18.3 Å². The summed E-state index contributed by atoms with van der Waals surface area (Å²) in [6, 6.07) is 15.4. The van der Waals surface area contributed by atoms with Gasteiger partial charge in [0.1, 0.15) is 5.92 Å². The second-order valence-electron chi connectivity index (χ2n) is 6.51. The van der Waals surface area contributed by atoms with E-state index in [1.165, 1.54) is 0 Å². The number of esters is 1.